The lowest BCUT2D eigenvalue weighted by molar-refractivity contribution is -0.274. The number of thiazole rings is 1. The number of hydrogen-bond donors (Lipinski definition) is 2. The molecular formula is C29H34F3N7O4S. The number of aliphatic carboxylic acids is 1. The third-order valence-electron chi connectivity index (χ3n) is 7.72. The van der Waals surface area contributed by atoms with Gasteiger partial charge in [-0.15, -0.1) is 13.2 Å². The number of aromatic nitrogens is 3. The molecule has 0 bridgehead atoms. The summed E-state index contributed by atoms with van der Waals surface area (Å²) in [6.07, 6.45) is 0.311. The molecule has 5 rings (SSSR count). The van der Waals surface area contributed by atoms with Crippen molar-refractivity contribution in [3.05, 3.63) is 46.7 Å². The van der Waals surface area contributed by atoms with E-state index in [9.17, 15) is 22.8 Å². The van der Waals surface area contributed by atoms with Crippen LogP contribution >= 0.6 is 11.3 Å². The van der Waals surface area contributed by atoms with Crippen molar-refractivity contribution in [2.45, 2.75) is 52.1 Å². The Hall–Kier alpha value is -3.82. The zero-order valence-corrected chi connectivity index (χ0v) is 25.2. The van der Waals surface area contributed by atoms with Gasteiger partial charge < -0.3 is 14.7 Å². The van der Waals surface area contributed by atoms with Crippen molar-refractivity contribution in [3.63, 3.8) is 0 Å². The van der Waals surface area contributed by atoms with Crippen LogP contribution in [-0.2, 0) is 11.3 Å². The first-order valence-electron chi connectivity index (χ1n) is 14.4. The summed E-state index contributed by atoms with van der Waals surface area (Å²) in [7, 11) is 0. The fourth-order valence-electron chi connectivity index (χ4n) is 5.44. The number of anilines is 2. The van der Waals surface area contributed by atoms with Gasteiger partial charge in [-0.2, -0.15) is 0 Å². The fourth-order valence-corrected chi connectivity index (χ4v) is 6.45. The highest BCUT2D eigenvalue weighted by Crippen LogP contribution is 2.37. The molecule has 2 N–H and O–H groups in total. The number of carboxylic acids is 1. The standard InChI is InChI=1S/C29H34F3N7O4S/c1-18-12-20(14-21(13-18)43-29(30,31)32)26-23(17-39-6-3-4-19(39)2)44-28(35-26)36-27(42)22-15-34-24(16-33-22)38-10-8-37(9-11-38)7-5-25(40)41/h12-16,19H,3-11,17H2,1-2H3,(H,40,41)(H,35,36,42)/t19-/m1/s1. The van der Waals surface area contributed by atoms with Crippen LogP contribution < -0.4 is 15.0 Å². The summed E-state index contributed by atoms with van der Waals surface area (Å²) < 4.78 is 43.1. The van der Waals surface area contributed by atoms with E-state index in [1.165, 1.54) is 35.9 Å². The normalized spacial score (nSPS) is 18.0. The van der Waals surface area contributed by atoms with Crippen LogP contribution in [0.5, 0.6) is 5.75 Å². The van der Waals surface area contributed by atoms with Gasteiger partial charge in [0.25, 0.3) is 5.91 Å². The van der Waals surface area contributed by atoms with Crippen molar-refractivity contribution in [1.29, 1.82) is 0 Å². The van der Waals surface area contributed by atoms with E-state index < -0.39 is 18.2 Å². The molecule has 2 saturated heterocycles. The number of nitrogens with one attached hydrogen (secondary N) is 1. The molecule has 0 saturated carbocycles. The number of likely N-dealkylation sites (tertiary alicyclic amines) is 1. The zero-order chi connectivity index (χ0) is 31.4. The largest absolute Gasteiger partial charge is 0.573 e. The van der Waals surface area contributed by atoms with Gasteiger partial charge in [0, 0.05) is 55.8 Å². The average molecular weight is 634 g/mol. The molecule has 3 aromatic rings. The van der Waals surface area contributed by atoms with E-state index in [1.807, 2.05) is 4.90 Å². The number of halogens is 3. The highest BCUT2D eigenvalue weighted by molar-refractivity contribution is 7.16. The second-order valence-electron chi connectivity index (χ2n) is 11.0. The molecule has 1 amide bonds. The first-order valence-corrected chi connectivity index (χ1v) is 15.2. The summed E-state index contributed by atoms with van der Waals surface area (Å²) in [4.78, 5) is 44.5. The zero-order valence-electron chi connectivity index (χ0n) is 24.4. The van der Waals surface area contributed by atoms with Crippen LogP contribution in [-0.4, -0.2) is 93.4 Å². The average Bonchev–Trinajstić information content (AvgIpc) is 3.56. The Morgan fingerprint density at radius 1 is 1.11 bits per heavy atom. The summed E-state index contributed by atoms with van der Waals surface area (Å²) >= 11 is 1.28. The molecule has 0 unspecified atom stereocenters. The number of piperazine rings is 1. The molecule has 236 valence electrons. The Balaban J connectivity index is 1.31. The number of rotatable bonds is 10. The third-order valence-corrected chi connectivity index (χ3v) is 8.68. The molecule has 4 heterocycles. The van der Waals surface area contributed by atoms with Gasteiger partial charge in [-0.25, -0.2) is 15.0 Å². The topological polar surface area (TPSA) is 124 Å². The number of benzene rings is 1. The van der Waals surface area contributed by atoms with Crippen LogP contribution in [0.3, 0.4) is 0 Å². The summed E-state index contributed by atoms with van der Waals surface area (Å²) in [6.45, 7) is 8.49. The minimum atomic E-state index is -4.83. The van der Waals surface area contributed by atoms with Gasteiger partial charge in [0.05, 0.1) is 24.5 Å². The molecular weight excluding hydrogens is 599 g/mol. The van der Waals surface area contributed by atoms with Gasteiger partial charge >= 0.3 is 12.3 Å². The Labute approximate surface area is 256 Å². The SMILES string of the molecule is Cc1cc(OC(F)(F)F)cc(-c2nc(NC(=O)c3cnc(N4CCN(CCC(=O)O)CC4)cn3)sc2CN2CCC[C@H]2C)c1. The number of alkyl halides is 3. The van der Waals surface area contributed by atoms with E-state index in [0.717, 1.165) is 24.3 Å². The quantitative estimate of drug-likeness (QED) is 0.326. The van der Waals surface area contributed by atoms with Gasteiger partial charge in [0.1, 0.15) is 17.3 Å². The van der Waals surface area contributed by atoms with Crippen LogP contribution in [0.4, 0.5) is 24.1 Å². The molecule has 1 atom stereocenters. The van der Waals surface area contributed by atoms with Crippen LogP contribution in [0, 0.1) is 6.92 Å². The maximum atomic E-state index is 13.1. The van der Waals surface area contributed by atoms with Gasteiger partial charge in [0.15, 0.2) is 5.13 Å². The number of ether oxygens (including phenoxy) is 1. The van der Waals surface area contributed by atoms with Crippen LogP contribution in [0.15, 0.2) is 30.6 Å². The van der Waals surface area contributed by atoms with E-state index >= 15 is 0 Å². The maximum Gasteiger partial charge on any atom is 0.573 e. The summed E-state index contributed by atoms with van der Waals surface area (Å²) in [5.41, 5.74) is 1.63. The van der Waals surface area contributed by atoms with Crippen LogP contribution in [0.1, 0.15) is 47.1 Å². The van der Waals surface area contributed by atoms with E-state index in [-0.39, 0.29) is 17.9 Å². The third kappa shape index (κ3) is 8.21. The van der Waals surface area contributed by atoms with Crippen molar-refractivity contribution in [2.24, 2.45) is 0 Å². The predicted octanol–water partition coefficient (Wildman–Crippen LogP) is 4.64. The Kier molecular flexibility index (Phi) is 9.65. The summed E-state index contributed by atoms with van der Waals surface area (Å²) in [5.74, 6) is -1.04. The van der Waals surface area contributed by atoms with Crippen molar-refractivity contribution in [3.8, 4) is 17.0 Å². The lowest BCUT2D eigenvalue weighted by Crippen LogP contribution is -2.47. The lowest BCUT2D eigenvalue weighted by Gasteiger charge is -2.34. The van der Waals surface area contributed by atoms with Crippen molar-refractivity contribution in [1.82, 2.24) is 24.8 Å². The molecule has 2 aliphatic rings. The number of carbonyl (C=O) groups is 2. The highest BCUT2D eigenvalue weighted by atomic mass is 32.1. The van der Waals surface area contributed by atoms with Crippen LogP contribution in [0.2, 0.25) is 0 Å². The predicted molar refractivity (Wildman–Crippen MR) is 159 cm³/mol. The van der Waals surface area contributed by atoms with Gasteiger partial charge in [-0.3, -0.25) is 24.7 Å². The molecule has 11 nitrogen and oxygen atoms in total. The Morgan fingerprint density at radius 3 is 2.52 bits per heavy atom. The fraction of sp³-hybridized carbons (Fsp3) is 0.483. The van der Waals surface area contributed by atoms with E-state index in [2.05, 4.69) is 41.7 Å². The molecule has 44 heavy (non-hydrogen) atoms. The van der Waals surface area contributed by atoms with Crippen LogP contribution in [0.25, 0.3) is 11.3 Å². The monoisotopic (exact) mass is 633 g/mol. The summed E-state index contributed by atoms with van der Waals surface area (Å²) in [6, 6.07) is 4.73. The van der Waals surface area contributed by atoms with E-state index in [0.29, 0.717) is 73.1 Å². The molecule has 0 spiro atoms. The van der Waals surface area contributed by atoms with Gasteiger partial charge in [-0.1, -0.05) is 11.3 Å². The van der Waals surface area contributed by atoms with Gasteiger partial charge in [0.2, 0.25) is 0 Å². The number of hydrogen-bond acceptors (Lipinski definition) is 10. The Morgan fingerprint density at radius 2 is 1.89 bits per heavy atom. The molecule has 1 aromatic carbocycles. The highest BCUT2D eigenvalue weighted by Gasteiger charge is 2.32. The van der Waals surface area contributed by atoms with E-state index in [4.69, 9.17) is 5.11 Å². The smallest absolute Gasteiger partial charge is 0.481 e. The number of carbonyl (C=O) groups excluding carboxylic acids is 1. The molecule has 0 radical (unpaired) electrons. The lowest BCUT2D eigenvalue weighted by atomic mass is 10.1. The van der Waals surface area contributed by atoms with Crippen molar-refractivity contribution in [2.75, 3.05) is 49.5 Å². The second-order valence-corrected chi connectivity index (χ2v) is 12.1. The molecule has 0 aliphatic carbocycles. The number of carboxylic acid groups (broad SMARTS) is 1. The van der Waals surface area contributed by atoms with Crippen molar-refractivity contribution >= 4 is 34.2 Å². The molecule has 2 aromatic heterocycles. The maximum absolute atomic E-state index is 13.1. The second kappa shape index (κ2) is 13.4. The number of nitrogens with zero attached hydrogens (tertiary/aromatic N) is 6. The molecule has 15 heteroatoms. The molecule has 2 fully saturated rings. The Bertz CT molecular complexity index is 1480. The summed E-state index contributed by atoms with van der Waals surface area (Å²) in [5, 5.41) is 12.0. The first kappa shape index (κ1) is 31.6. The number of aryl methyl sites for hydroxylation is 1. The van der Waals surface area contributed by atoms with E-state index in [1.54, 1.807) is 13.0 Å². The van der Waals surface area contributed by atoms with Crippen molar-refractivity contribution < 1.29 is 32.6 Å². The van der Waals surface area contributed by atoms with Gasteiger partial charge in [-0.05, 0) is 57.0 Å². The minimum absolute atomic E-state index is 0.0942. The first-order chi connectivity index (χ1) is 20.9. The molecule has 2 aliphatic heterocycles. The minimum Gasteiger partial charge on any atom is -0.481 e. The number of amides is 1.